The summed E-state index contributed by atoms with van der Waals surface area (Å²) in [5, 5.41) is 3.55. The van der Waals surface area contributed by atoms with Gasteiger partial charge in [-0.05, 0) is 36.8 Å². The zero-order chi connectivity index (χ0) is 21.8. The third kappa shape index (κ3) is 4.66. The van der Waals surface area contributed by atoms with Crippen LogP contribution in [0, 0.1) is 5.92 Å². The lowest BCUT2D eigenvalue weighted by Crippen LogP contribution is -2.57. The number of guanidine groups is 1. The number of benzene rings is 2. The first-order chi connectivity index (χ1) is 15.1. The Balaban J connectivity index is 1.53. The van der Waals surface area contributed by atoms with Crippen molar-refractivity contribution in [3.8, 4) is 0 Å². The average molecular weight is 441 g/mol. The van der Waals surface area contributed by atoms with Gasteiger partial charge in [-0.2, -0.15) is 0 Å². The molecule has 1 fully saturated rings. The Labute approximate surface area is 186 Å². The summed E-state index contributed by atoms with van der Waals surface area (Å²) in [6.45, 7) is 4.92. The van der Waals surface area contributed by atoms with Crippen LogP contribution in [0.15, 0.2) is 59.6 Å². The van der Waals surface area contributed by atoms with Gasteiger partial charge in [0.1, 0.15) is 6.04 Å². The molecule has 1 N–H and O–H groups in total. The Morgan fingerprint density at radius 1 is 1.06 bits per heavy atom. The first kappa shape index (κ1) is 21.2. The van der Waals surface area contributed by atoms with Crippen molar-refractivity contribution in [3.63, 3.8) is 0 Å². The highest BCUT2D eigenvalue weighted by molar-refractivity contribution is 6.30. The van der Waals surface area contributed by atoms with Gasteiger partial charge in [0.05, 0.1) is 6.61 Å². The number of anilines is 1. The average Bonchev–Trinajstić information content (AvgIpc) is 2.80. The molecular formula is C23H25ClN4O3. The van der Waals surface area contributed by atoms with Gasteiger partial charge in [0.25, 0.3) is 0 Å². The van der Waals surface area contributed by atoms with Gasteiger partial charge in [-0.25, -0.2) is 4.99 Å². The lowest BCUT2D eigenvalue weighted by atomic mass is 9.91. The number of hydrogen-bond acceptors (Lipinski definition) is 6. The van der Waals surface area contributed by atoms with Crippen molar-refractivity contribution in [2.75, 3.05) is 37.7 Å². The molecule has 0 saturated carbocycles. The Hall–Kier alpha value is -3.06. The molecule has 8 heteroatoms. The van der Waals surface area contributed by atoms with Crippen LogP contribution in [0.2, 0.25) is 5.02 Å². The molecule has 2 aliphatic rings. The van der Waals surface area contributed by atoms with Crippen LogP contribution in [0.3, 0.4) is 0 Å². The number of halogens is 1. The first-order valence-corrected chi connectivity index (χ1v) is 10.8. The van der Waals surface area contributed by atoms with Crippen molar-refractivity contribution in [2.24, 2.45) is 10.9 Å². The maximum absolute atomic E-state index is 12.9. The molecule has 0 radical (unpaired) electrons. The summed E-state index contributed by atoms with van der Waals surface area (Å²) in [7, 11) is 0. The van der Waals surface area contributed by atoms with E-state index in [1.165, 1.54) is 0 Å². The molecule has 0 aromatic heterocycles. The van der Waals surface area contributed by atoms with Crippen molar-refractivity contribution in [2.45, 2.75) is 13.0 Å². The zero-order valence-corrected chi connectivity index (χ0v) is 18.1. The molecule has 162 valence electrons. The maximum atomic E-state index is 12.9. The molecule has 0 bridgehead atoms. The predicted molar refractivity (Wildman–Crippen MR) is 120 cm³/mol. The molecule has 0 aliphatic carbocycles. The van der Waals surface area contributed by atoms with Crippen molar-refractivity contribution in [3.05, 3.63) is 65.2 Å². The van der Waals surface area contributed by atoms with Crippen molar-refractivity contribution < 1.29 is 14.3 Å². The number of rotatable bonds is 4. The minimum absolute atomic E-state index is 0.216. The third-order valence-corrected chi connectivity index (χ3v) is 5.80. The Morgan fingerprint density at radius 2 is 1.71 bits per heavy atom. The molecule has 0 unspecified atom stereocenters. The molecule has 2 heterocycles. The fourth-order valence-electron chi connectivity index (χ4n) is 3.94. The van der Waals surface area contributed by atoms with Gasteiger partial charge < -0.3 is 14.5 Å². The monoisotopic (exact) mass is 440 g/mol. The standard InChI is InChI=1S/C23H25ClN4O3/c1-2-31-22(30)19-20(16-6-4-3-5-7-16)25-23(26-21(19)29)28-14-12-27(13-15-28)18-10-8-17(24)9-11-18/h3-11,19-20H,2,12-15H2,1H3,(H,25,26,29)/t19-,20+/m0/s1. The minimum Gasteiger partial charge on any atom is -0.465 e. The lowest BCUT2D eigenvalue weighted by Gasteiger charge is -2.39. The minimum atomic E-state index is -0.999. The van der Waals surface area contributed by atoms with Crippen LogP contribution >= 0.6 is 11.6 Å². The summed E-state index contributed by atoms with van der Waals surface area (Å²) >= 11 is 5.99. The second kappa shape index (κ2) is 9.39. The number of aliphatic imine (C=N–C) groups is 1. The highest BCUT2D eigenvalue weighted by Gasteiger charge is 2.42. The Bertz CT molecular complexity index is 957. The van der Waals surface area contributed by atoms with Gasteiger partial charge in [-0.15, -0.1) is 0 Å². The van der Waals surface area contributed by atoms with Crippen molar-refractivity contribution in [1.29, 1.82) is 0 Å². The molecule has 31 heavy (non-hydrogen) atoms. The molecule has 2 aromatic carbocycles. The van der Waals surface area contributed by atoms with Gasteiger partial charge in [0, 0.05) is 36.9 Å². The summed E-state index contributed by atoms with van der Waals surface area (Å²) < 4.78 is 5.16. The number of hydrogen-bond donors (Lipinski definition) is 1. The Morgan fingerprint density at radius 3 is 2.35 bits per heavy atom. The van der Waals surface area contributed by atoms with Gasteiger partial charge in [-0.1, -0.05) is 41.9 Å². The van der Waals surface area contributed by atoms with E-state index in [2.05, 4.69) is 15.1 Å². The number of ether oxygens (including phenoxy) is 1. The Kier molecular flexibility index (Phi) is 6.42. The first-order valence-electron chi connectivity index (χ1n) is 10.4. The van der Waals surface area contributed by atoms with Crippen LogP contribution in [0.5, 0.6) is 0 Å². The SMILES string of the molecule is CCOC(=O)[C@@H]1C(=O)NC(N2CCN(c3ccc(Cl)cc3)CC2)=N[C@@H]1c1ccccc1. The number of carbonyl (C=O) groups excluding carboxylic acids is 2. The molecular weight excluding hydrogens is 416 g/mol. The summed E-state index contributed by atoms with van der Waals surface area (Å²) in [5.41, 5.74) is 1.93. The van der Waals surface area contributed by atoms with Gasteiger partial charge in [0.2, 0.25) is 11.9 Å². The fraction of sp³-hybridized carbons (Fsp3) is 0.348. The van der Waals surface area contributed by atoms with E-state index in [4.69, 9.17) is 21.3 Å². The molecule has 2 aliphatic heterocycles. The summed E-state index contributed by atoms with van der Waals surface area (Å²) in [6, 6.07) is 16.6. The fourth-order valence-corrected chi connectivity index (χ4v) is 4.07. The molecule has 4 rings (SSSR count). The third-order valence-electron chi connectivity index (χ3n) is 5.55. The normalized spacial score (nSPS) is 21.4. The molecule has 1 amide bonds. The van der Waals surface area contributed by atoms with E-state index in [1.807, 2.05) is 54.6 Å². The largest absolute Gasteiger partial charge is 0.465 e. The number of piperazine rings is 1. The number of nitrogens with zero attached hydrogens (tertiary/aromatic N) is 3. The number of carbonyl (C=O) groups is 2. The quantitative estimate of drug-likeness (QED) is 0.584. The van der Waals surface area contributed by atoms with Crippen LogP contribution in [-0.2, 0) is 14.3 Å². The smallest absolute Gasteiger partial charge is 0.321 e. The van der Waals surface area contributed by atoms with Gasteiger partial charge in [-0.3, -0.25) is 14.9 Å². The van der Waals surface area contributed by atoms with Crippen molar-refractivity contribution in [1.82, 2.24) is 10.2 Å². The van der Waals surface area contributed by atoms with Gasteiger partial charge >= 0.3 is 5.97 Å². The maximum Gasteiger partial charge on any atom is 0.321 e. The molecule has 1 saturated heterocycles. The van der Waals surface area contributed by atoms with Crippen molar-refractivity contribution >= 4 is 35.1 Å². The highest BCUT2D eigenvalue weighted by Crippen LogP contribution is 2.31. The summed E-state index contributed by atoms with van der Waals surface area (Å²) in [4.78, 5) is 34.6. The van der Waals surface area contributed by atoms with Crippen LogP contribution in [-0.4, -0.2) is 55.5 Å². The van der Waals surface area contributed by atoms with E-state index in [-0.39, 0.29) is 12.5 Å². The van der Waals surface area contributed by atoms with E-state index in [1.54, 1.807) is 6.92 Å². The number of amides is 1. The van der Waals surface area contributed by atoms with Crippen LogP contribution in [0.4, 0.5) is 5.69 Å². The van der Waals surface area contributed by atoms with E-state index >= 15 is 0 Å². The van der Waals surface area contributed by atoms with E-state index < -0.39 is 17.9 Å². The molecule has 0 spiro atoms. The second-order valence-corrected chi connectivity index (χ2v) is 7.91. The van der Waals surface area contributed by atoms with E-state index in [9.17, 15) is 9.59 Å². The lowest BCUT2D eigenvalue weighted by molar-refractivity contribution is -0.153. The predicted octanol–water partition coefficient (Wildman–Crippen LogP) is 2.87. The molecule has 2 aromatic rings. The zero-order valence-electron chi connectivity index (χ0n) is 17.3. The number of esters is 1. The van der Waals surface area contributed by atoms with Gasteiger partial charge in [0.15, 0.2) is 5.92 Å². The van der Waals surface area contributed by atoms with E-state index in [0.29, 0.717) is 24.1 Å². The topological polar surface area (TPSA) is 74.2 Å². The highest BCUT2D eigenvalue weighted by atomic mass is 35.5. The second-order valence-electron chi connectivity index (χ2n) is 7.48. The molecule has 7 nitrogen and oxygen atoms in total. The van der Waals surface area contributed by atoms with Crippen LogP contribution in [0.25, 0.3) is 0 Å². The van der Waals surface area contributed by atoms with Crippen LogP contribution in [0.1, 0.15) is 18.5 Å². The summed E-state index contributed by atoms with van der Waals surface area (Å²) in [5.74, 6) is -1.42. The summed E-state index contributed by atoms with van der Waals surface area (Å²) in [6.07, 6.45) is 0. The number of nitrogens with one attached hydrogen (secondary N) is 1. The van der Waals surface area contributed by atoms with Crippen LogP contribution < -0.4 is 10.2 Å². The van der Waals surface area contributed by atoms with E-state index in [0.717, 1.165) is 24.3 Å². The molecule has 2 atom stereocenters.